The molecule has 0 aliphatic heterocycles. The summed E-state index contributed by atoms with van der Waals surface area (Å²) in [6.07, 6.45) is 3.67. The molecule has 1 atom stereocenters. The standard InChI is InChI=1S/C14H18BrN3S/c1-2-18(10-11-5-7-17-8-6-11)12(9-16)13-3-4-14(15)19-13/h3-8,12H,2,9-10,16H2,1H3. The van der Waals surface area contributed by atoms with E-state index in [0.717, 1.165) is 16.9 Å². The fourth-order valence-corrected chi connectivity index (χ4v) is 3.69. The summed E-state index contributed by atoms with van der Waals surface area (Å²) >= 11 is 5.28. The second kappa shape index (κ2) is 7.14. The number of halogens is 1. The molecule has 2 aromatic rings. The van der Waals surface area contributed by atoms with E-state index in [2.05, 4.69) is 57.0 Å². The average Bonchev–Trinajstić information content (AvgIpc) is 2.86. The Morgan fingerprint density at radius 3 is 2.58 bits per heavy atom. The second-order valence-electron chi connectivity index (χ2n) is 4.31. The minimum atomic E-state index is 0.273. The van der Waals surface area contributed by atoms with Crippen LogP contribution in [0.25, 0.3) is 0 Å². The van der Waals surface area contributed by atoms with Gasteiger partial charge in [0.1, 0.15) is 0 Å². The molecule has 0 aromatic carbocycles. The Labute approximate surface area is 126 Å². The number of rotatable bonds is 6. The maximum absolute atomic E-state index is 5.98. The lowest BCUT2D eigenvalue weighted by molar-refractivity contribution is 0.206. The van der Waals surface area contributed by atoms with Gasteiger partial charge in [0.25, 0.3) is 0 Å². The predicted octanol–water partition coefficient (Wildman–Crippen LogP) is 3.43. The van der Waals surface area contributed by atoms with Crippen molar-refractivity contribution in [2.45, 2.75) is 19.5 Å². The van der Waals surface area contributed by atoms with Crippen molar-refractivity contribution < 1.29 is 0 Å². The lowest BCUT2D eigenvalue weighted by Crippen LogP contribution is -2.32. The molecule has 0 aliphatic carbocycles. The van der Waals surface area contributed by atoms with Gasteiger partial charge in [-0.1, -0.05) is 6.92 Å². The highest BCUT2D eigenvalue weighted by Crippen LogP contribution is 2.30. The van der Waals surface area contributed by atoms with Crippen molar-refractivity contribution in [3.8, 4) is 0 Å². The Morgan fingerprint density at radius 1 is 1.32 bits per heavy atom. The second-order valence-corrected chi connectivity index (χ2v) is 6.81. The van der Waals surface area contributed by atoms with Crippen LogP contribution in [0.5, 0.6) is 0 Å². The number of likely N-dealkylation sites (N-methyl/N-ethyl adjacent to an activating group) is 1. The Morgan fingerprint density at radius 2 is 2.05 bits per heavy atom. The minimum Gasteiger partial charge on any atom is -0.329 e. The molecule has 0 spiro atoms. The van der Waals surface area contributed by atoms with Crippen LogP contribution in [-0.2, 0) is 6.54 Å². The largest absolute Gasteiger partial charge is 0.329 e. The molecular formula is C14H18BrN3S. The number of pyridine rings is 1. The molecule has 0 fully saturated rings. The van der Waals surface area contributed by atoms with E-state index in [4.69, 9.17) is 5.73 Å². The molecule has 0 aliphatic rings. The van der Waals surface area contributed by atoms with Crippen LogP contribution >= 0.6 is 27.3 Å². The molecule has 102 valence electrons. The summed E-state index contributed by atoms with van der Waals surface area (Å²) in [6, 6.07) is 8.63. The first-order valence-corrected chi connectivity index (χ1v) is 7.93. The molecule has 0 amide bonds. The van der Waals surface area contributed by atoms with Gasteiger partial charge in [0, 0.05) is 30.4 Å². The Kier molecular flexibility index (Phi) is 5.51. The number of thiophene rings is 1. The van der Waals surface area contributed by atoms with E-state index in [1.54, 1.807) is 11.3 Å². The summed E-state index contributed by atoms with van der Waals surface area (Å²) in [7, 11) is 0. The van der Waals surface area contributed by atoms with Crippen LogP contribution in [0.15, 0.2) is 40.4 Å². The van der Waals surface area contributed by atoms with Crippen molar-refractivity contribution in [2.75, 3.05) is 13.1 Å². The van der Waals surface area contributed by atoms with E-state index in [9.17, 15) is 0 Å². The van der Waals surface area contributed by atoms with E-state index in [1.807, 2.05) is 12.4 Å². The van der Waals surface area contributed by atoms with E-state index in [1.165, 1.54) is 10.4 Å². The molecule has 2 aromatic heterocycles. The fraction of sp³-hybridized carbons (Fsp3) is 0.357. The molecule has 0 saturated carbocycles. The molecule has 0 saturated heterocycles. The van der Waals surface area contributed by atoms with Gasteiger partial charge in [0.2, 0.25) is 0 Å². The zero-order valence-electron chi connectivity index (χ0n) is 10.9. The molecular weight excluding hydrogens is 322 g/mol. The first-order chi connectivity index (χ1) is 9.24. The Balaban J connectivity index is 2.15. The normalized spacial score (nSPS) is 12.8. The summed E-state index contributed by atoms with van der Waals surface area (Å²) < 4.78 is 1.15. The highest BCUT2D eigenvalue weighted by molar-refractivity contribution is 9.11. The van der Waals surface area contributed by atoms with Crippen LogP contribution in [0.4, 0.5) is 0 Å². The minimum absolute atomic E-state index is 0.273. The predicted molar refractivity (Wildman–Crippen MR) is 84.1 cm³/mol. The topological polar surface area (TPSA) is 42.2 Å². The van der Waals surface area contributed by atoms with E-state index < -0.39 is 0 Å². The third-order valence-electron chi connectivity index (χ3n) is 3.13. The van der Waals surface area contributed by atoms with Gasteiger partial charge < -0.3 is 5.73 Å². The molecule has 0 bridgehead atoms. The summed E-state index contributed by atoms with van der Waals surface area (Å²) in [5.41, 5.74) is 7.25. The summed E-state index contributed by atoms with van der Waals surface area (Å²) in [4.78, 5) is 7.76. The first kappa shape index (κ1) is 14.7. The molecule has 2 N–H and O–H groups in total. The van der Waals surface area contributed by atoms with Crippen molar-refractivity contribution in [3.05, 3.63) is 50.9 Å². The highest BCUT2D eigenvalue weighted by Gasteiger charge is 2.19. The number of aromatic nitrogens is 1. The Bertz CT molecular complexity index is 500. The number of nitrogens with zero attached hydrogens (tertiary/aromatic N) is 2. The molecule has 5 heteroatoms. The van der Waals surface area contributed by atoms with Crippen molar-refractivity contribution >= 4 is 27.3 Å². The average molecular weight is 340 g/mol. The van der Waals surface area contributed by atoms with Gasteiger partial charge in [0.15, 0.2) is 0 Å². The van der Waals surface area contributed by atoms with Gasteiger partial charge in [-0.2, -0.15) is 0 Å². The SMILES string of the molecule is CCN(Cc1ccncc1)C(CN)c1ccc(Br)s1. The zero-order valence-corrected chi connectivity index (χ0v) is 13.3. The molecule has 2 heterocycles. The van der Waals surface area contributed by atoms with Crippen LogP contribution in [0.1, 0.15) is 23.4 Å². The van der Waals surface area contributed by atoms with Crippen LogP contribution < -0.4 is 5.73 Å². The van der Waals surface area contributed by atoms with Crippen LogP contribution in [0.2, 0.25) is 0 Å². The van der Waals surface area contributed by atoms with Gasteiger partial charge in [-0.25, -0.2) is 0 Å². The summed E-state index contributed by atoms with van der Waals surface area (Å²) in [6.45, 7) is 4.68. The van der Waals surface area contributed by atoms with Crippen LogP contribution in [0, 0.1) is 0 Å². The number of nitrogens with two attached hydrogens (primary N) is 1. The maximum atomic E-state index is 5.98. The number of hydrogen-bond donors (Lipinski definition) is 1. The fourth-order valence-electron chi connectivity index (χ4n) is 2.12. The lowest BCUT2D eigenvalue weighted by Gasteiger charge is -2.29. The van der Waals surface area contributed by atoms with Gasteiger partial charge in [-0.3, -0.25) is 9.88 Å². The van der Waals surface area contributed by atoms with Crippen molar-refractivity contribution in [1.82, 2.24) is 9.88 Å². The van der Waals surface area contributed by atoms with E-state index in [0.29, 0.717) is 6.54 Å². The van der Waals surface area contributed by atoms with Gasteiger partial charge >= 0.3 is 0 Å². The summed E-state index contributed by atoms with van der Waals surface area (Å²) in [5.74, 6) is 0. The molecule has 2 rings (SSSR count). The third kappa shape index (κ3) is 3.86. The molecule has 3 nitrogen and oxygen atoms in total. The zero-order chi connectivity index (χ0) is 13.7. The molecule has 1 unspecified atom stereocenters. The third-order valence-corrected chi connectivity index (χ3v) is 4.85. The van der Waals surface area contributed by atoms with E-state index in [-0.39, 0.29) is 6.04 Å². The Hall–Kier alpha value is -0.750. The van der Waals surface area contributed by atoms with Gasteiger partial charge in [-0.15, -0.1) is 11.3 Å². The van der Waals surface area contributed by atoms with Crippen molar-refractivity contribution in [3.63, 3.8) is 0 Å². The van der Waals surface area contributed by atoms with E-state index >= 15 is 0 Å². The quantitative estimate of drug-likeness (QED) is 0.876. The lowest BCUT2D eigenvalue weighted by atomic mass is 10.1. The summed E-state index contributed by atoms with van der Waals surface area (Å²) in [5, 5.41) is 0. The van der Waals surface area contributed by atoms with Crippen molar-refractivity contribution in [1.29, 1.82) is 0 Å². The smallest absolute Gasteiger partial charge is 0.0702 e. The maximum Gasteiger partial charge on any atom is 0.0702 e. The highest BCUT2D eigenvalue weighted by atomic mass is 79.9. The van der Waals surface area contributed by atoms with Gasteiger partial charge in [0.05, 0.1) is 9.83 Å². The number of hydrogen-bond acceptors (Lipinski definition) is 4. The molecule has 19 heavy (non-hydrogen) atoms. The monoisotopic (exact) mass is 339 g/mol. The van der Waals surface area contributed by atoms with Crippen LogP contribution in [0.3, 0.4) is 0 Å². The van der Waals surface area contributed by atoms with Crippen LogP contribution in [-0.4, -0.2) is 23.0 Å². The first-order valence-electron chi connectivity index (χ1n) is 6.32. The van der Waals surface area contributed by atoms with Gasteiger partial charge in [-0.05, 0) is 52.3 Å². The molecule has 0 radical (unpaired) electrons. The van der Waals surface area contributed by atoms with Crippen molar-refractivity contribution in [2.24, 2.45) is 5.73 Å².